The minimum atomic E-state index is 0. The molecule has 1 aromatic carbocycles. The van der Waals surface area contributed by atoms with Gasteiger partial charge in [-0.2, -0.15) is 0 Å². The van der Waals surface area contributed by atoms with Crippen LogP contribution in [0, 0.1) is 0 Å². The van der Waals surface area contributed by atoms with E-state index in [2.05, 4.69) is 17.1 Å². The van der Waals surface area contributed by atoms with Crippen molar-refractivity contribution in [1.82, 2.24) is 10.2 Å². The minimum absolute atomic E-state index is 0. The molecule has 0 aliphatic carbocycles. The molecule has 1 saturated heterocycles. The summed E-state index contributed by atoms with van der Waals surface area (Å²) in [6.45, 7) is 5.91. The van der Waals surface area contributed by atoms with Gasteiger partial charge in [-0.1, -0.05) is 11.6 Å². The van der Waals surface area contributed by atoms with E-state index in [1.54, 1.807) is 19.2 Å². The third-order valence-corrected chi connectivity index (χ3v) is 3.77. The van der Waals surface area contributed by atoms with Gasteiger partial charge < -0.3 is 15.2 Å². The normalized spacial score (nSPS) is 16.8. The van der Waals surface area contributed by atoms with Crippen LogP contribution in [0.25, 0.3) is 0 Å². The number of piperazine rings is 1. The molecular weight excluding hydrogens is 323 g/mol. The molecule has 20 heavy (non-hydrogen) atoms. The molecule has 1 aromatic rings. The number of ether oxygens (including phenoxy) is 1. The van der Waals surface area contributed by atoms with E-state index in [0.29, 0.717) is 10.8 Å². The fraction of sp³-hybridized carbons (Fsp3) is 0.538. The van der Waals surface area contributed by atoms with Gasteiger partial charge in [-0.3, -0.25) is 4.90 Å². The highest BCUT2D eigenvalue weighted by atomic mass is 35.5. The Labute approximate surface area is 137 Å². The van der Waals surface area contributed by atoms with Crippen molar-refractivity contribution in [3.8, 4) is 11.5 Å². The van der Waals surface area contributed by atoms with Crippen LogP contribution in [0.2, 0.25) is 5.02 Å². The lowest BCUT2D eigenvalue weighted by Gasteiger charge is -2.34. The SMILES string of the molecule is COc1ccc(Cl)c(O)c1[C@H](C)N1CCNCC1.Cl.Cl. The molecule has 4 nitrogen and oxygen atoms in total. The summed E-state index contributed by atoms with van der Waals surface area (Å²) in [5, 5.41) is 13.8. The highest BCUT2D eigenvalue weighted by Crippen LogP contribution is 2.40. The molecule has 7 heteroatoms. The summed E-state index contributed by atoms with van der Waals surface area (Å²) in [7, 11) is 1.61. The van der Waals surface area contributed by atoms with Gasteiger partial charge in [0.2, 0.25) is 0 Å². The quantitative estimate of drug-likeness (QED) is 0.886. The van der Waals surface area contributed by atoms with Gasteiger partial charge in [-0.05, 0) is 19.1 Å². The third kappa shape index (κ3) is 4.06. The molecule has 0 bridgehead atoms. The Bertz CT molecular complexity index is 426. The van der Waals surface area contributed by atoms with Crippen LogP contribution in [0.5, 0.6) is 11.5 Å². The number of nitrogens with one attached hydrogen (secondary N) is 1. The Hall–Kier alpha value is -0.390. The maximum absolute atomic E-state index is 10.2. The molecule has 0 saturated carbocycles. The zero-order valence-corrected chi connectivity index (χ0v) is 13.9. The largest absolute Gasteiger partial charge is 0.506 e. The molecule has 116 valence electrons. The van der Waals surface area contributed by atoms with Gasteiger partial charge in [0.05, 0.1) is 17.7 Å². The lowest BCUT2D eigenvalue weighted by Crippen LogP contribution is -2.44. The number of methoxy groups -OCH3 is 1. The van der Waals surface area contributed by atoms with Gasteiger partial charge >= 0.3 is 0 Å². The molecule has 0 amide bonds. The summed E-state index contributed by atoms with van der Waals surface area (Å²) < 4.78 is 5.33. The molecule has 1 fully saturated rings. The van der Waals surface area contributed by atoms with Crippen LogP contribution < -0.4 is 10.1 Å². The topological polar surface area (TPSA) is 44.7 Å². The fourth-order valence-electron chi connectivity index (χ4n) is 2.40. The first-order valence-electron chi connectivity index (χ1n) is 6.15. The summed E-state index contributed by atoms with van der Waals surface area (Å²) in [5.74, 6) is 0.810. The lowest BCUT2D eigenvalue weighted by atomic mass is 10.0. The van der Waals surface area contributed by atoms with Crippen molar-refractivity contribution >= 4 is 36.4 Å². The summed E-state index contributed by atoms with van der Waals surface area (Å²) in [4.78, 5) is 2.31. The second-order valence-corrected chi connectivity index (χ2v) is 4.88. The van der Waals surface area contributed by atoms with Gasteiger partial charge in [0, 0.05) is 32.2 Å². The van der Waals surface area contributed by atoms with Crippen molar-refractivity contribution in [2.24, 2.45) is 0 Å². The van der Waals surface area contributed by atoms with Crippen molar-refractivity contribution in [2.75, 3.05) is 33.3 Å². The molecule has 1 aliphatic heterocycles. The molecule has 0 radical (unpaired) electrons. The Morgan fingerprint density at radius 1 is 1.30 bits per heavy atom. The molecule has 0 unspecified atom stereocenters. The molecule has 2 N–H and O–H groups in total. The maximum Gasteiger partial charge on any atom is 0.142 e. The maximum atomic E-state index is 10.2. The molecular formula is C13H21Cl3N2O2. The van der Waals surface area contributed by atoms with E-state index in [1.807, 2.05) is 0 Å². The lowest BCUT2D eigenvalue weighted by molar-refractivity contribution is 0.180. The van der Waals surface area contributed by atoms with Crippen LogP contribution in [0.1, 0.15) is 18.5 Å². The molecule has 0 aromatic heterocycles. The standard InChI is InChI=1S/C13H19ClN2O2.2ClH/c1-9(16-7-5-15-6-8-16)12-11(18-2)4-3-10(14)13(12)17;;/h3-4,9,15,17H,5-8H2,1-2H3;2*1H/t9-;;/m0../s1. The second kappa shape index (κ2) is 8.80. The average Bonchev–Trinajstić information content (AvgIpc) is 2.42. The Morgan fingerprint density at radius 2 is 1.90 bits per heavy atom. The van der Waals surface area contributed by atoms with E-state index >= 15 is 0 Å². The highest BCUT2D eigenvalue weighted by Gasteiger charge is 2.24. The summed E-state index contributed by atoms with van der Waals surface area (Å²) in [5.41, 5.74) is 0.770. The van der Waals surface area contributed by atoms with Crippen molar-refractivity contribution in [3.63, 3.8) is 0 Å². The number of benzene rings is 1. The summed E-state index contributed by atoms with van der Waals surface area (Å²) >= 11 is 5.99. The smallest absolute Gasteiger partial charge is 0.142 e. The van der Waals surface area contributed by atoms with Gasteiger partial charge in [0.15, 0.2) is 0 Å². The zero-order chi connectivity index (χ0) is 13.1. The van der Waals surface area contributed by atoms with Crippen LogP contribution >= 0.6 is 36.4 Å². The number of aromatic hydroxyl groups is 1. The van der Waals surface area contributed by atoms with Crippen LogP contribution in [0.15, 0.2) is 12.1 Å². The first kappa shape index (κ1) is 19.6. The number of hydrogen-bond donors (Lipinski definition) is 2. The highest BCUT2D eigenvalue weighted by molar-refractivity contribution is 6.32. The van der Waals surface area contributed by atoms with Gasteiger partial charge in [0.1, 0.15) is 11.5 Å². The summed E-state index contributed by atoms with van der Waals surface area (Å²) in [6, 6.07) is 3.54. The zero-order valence-electron chi connectivity index (χ0n) is 11.6. The monoisotopic (exact) mass is 342 g/mol. The van der Waals surface area contributed by atoms with Crippen LogP contribution in [-0.2, 0) is 0 Å². The second-order valence-electron chi connectivity index (χ2n) is 4.47. The van der Waals surface area contributed by atoms with Crippen molar-refractivity contribution in [1.29, 1.82) is 0 Å². The molecule has 0 spiro atoms. The third-order valence-electron chi connectivity index (χ3n) is 3.46. The van der Waals surface area contributed by atoms with E-state index in [1.165, 1.54) is 0 Å². The number of hydrogen-bond acceptors (Lipinski definition) is 4. The molecule has 1 heterocycles. The van der Waals surface area contributed by atoms with Crippen molar-refractivity contribution < 1.29 is 9.84 Å². The Balaban J connectivity index is 0.00000180. The number of rotatable bonds is 3. The van der Waals surface area contributed by atoms with Gasteiger partial charge in [-0.25, -0.2) is 0 Å². The number of nitrogens with zero attached hydrogens (tertiary/aromatic N) is 1. The first-order valence-corrected chi connectivity index (χ1v) is 6.53. The first-order chi connectivity index (χ1) is 8.65. The van der Waals surface area contributed by atoms with E-state index in [9.17, 15) is 5.11 Å². The van der Waals surface area contributed by atoms with Crippen molar-refractivity contribution in [2.45, 2.75) is 13.0 Å². The molecule has 1 aliphatic rings. The Kier molecular flexibility index (Phi) is 8.63. The predicted molar refractivity (Wildman–Crippen MR) is 87.0 cm³/mol. The van der Waals surface area contributed by atoms with Crippen molar-refractivity contribution in [3.05, 3.63) is 22.7 Å². The van der Waals surface area contributed by atoms with E-state index in [0.717, 1.165) is 31.7 Å². The molecule has 2 rings (SSSR count). The van der Waals surface area contributed by atoms with Crippen LogP contribution in [-0.4, -0.2) is 43.3 Å². The van der Waals surface area contributed by atoms with Gasteiger partial charge in [-0.15, -0.1) is 24.8 Å². The van der Waals surface area contributed by atoms with Crippen LogP contribution in [0.3, 0.4) is 0 Å². The average molecular weight is 344 g/mol. The van der Waals surface area contributed by atoms with E-state index in [-0.39, 0.29) is 36.6 Å². The van der Waals surface area contributed by atoms with E-state index < -0.39 is 0 Å². The minimum Gasteiger partial charge on any atom is -0.506 e. The Morgan fingerprint density at radius 3 is 2.45 bits per heavy atom. The fourth-order valence-corrected chi connectivity index (χ4v) is 2.56. The van der Waals surface area contributed by atoms with E-state index in [4.69, 9.17) is 16.3 Å². The number of halogens is 3. The number of phenolic OH excluding ortho intramolecular Hbond substituents is 1. The predicted octanol–water partition coefficient (Wildman–Crippen LogP) is 2.86. The van der Waals surface area contributed by atoms with Gasteiger partial charge in [0.25, 0.3) is 0 Å². The summed E-state index contributed by atoms with van der Waals surface area (Å²) in [6.07, 6.45) is 0. The number of phenols is 1. The van der Waals surface area contributed by atoms with Crippen LogP contribution in [0.4, 0.5) is 0 Å². The molecule has 1 atom stereocenters.